The van der Waals surface area contributed by atoms with Gasteiger partial charge in [0.25, 0.3) is 5.91 Å². The molecule has 6 rings (SSSR count). The second-order valence-corrected chi connectivity index (χ2v) is 9.50. The Labute approximate surface area is 197 Å². The third-order valence-corrected chi connectivity index (χ3v) is 7.43. The van der Waals surface area contributed by atoms with Crippen LogP contribution < -0.4 is 0 Å². The van der Waals surface area contributed by atoms with Crippen molar-refractivity contribution >= 4 is 28.4 Å². The molecule has 0 atom stereocenters. The molecule has 33 heavy (non-hydrogen) atoms. The number of carbonyl (C=O) groups excluding carboxylic acids is 1. The molecule has 1 fully saturated rings. The van der Waals surface area contributed by atoms with Gasteiger partial charge in [-0.2, -0.15) is 0 Å². The third kappa shape index (κ3) is 3.36. The number of imidazole rings is 1. The van der Waals surface area contributed by atoms with Gasteiger partial charge in [-0.25, -0.2) is 4.98 Å². The van der Waals surface area contributed by atoms with Gasteiger partial charge in [0.1, 0.15) is 0 Å². The highest BCUT2D eigenvalue weighted by Gasteiger charge is 2.43. The van der Waals surface area contributed by atoms with Gasteiger partial charge in [-0.3, -0.25) is 4.79 Å². The summed E-state index contributed by atoms with van der Waals surface area (Å²) in [5.41, 5.74) is 5.03. The van der Waals surface area contributed by atoms with Crippen LogP contribution in [0.1, 0.15) is 40.0 Å². The van der Waals surface area contributed by atoms with Gasteiger partial charge in [0.05, 0.1) is 41.9 Å². The number of aryl methyl sites for hydroxylation is 1. The molecule has 1 spiro atoms. The second kappa shape index (κ2) is 7.75. The molecule has 0 N–H and O–H groups in total. The SMILES string of the molecule is Cn1cncc1Cn1cc(C(=O)N2CCC3(CC2)OCc2ccccc23)c2ccc(Cl)cc21. The maximum Gasteiger partial charge on any atom is 0.256 e. The van der Waals surface area contributed by atoms with E-state index in [0.29, 0.717) is 36.8 Å². The first-order chi connectivity index (χ1) is 16.0. The predicted molar refractivity (Wildman–Crippen MR) is 127 cm³/mol. The lowest BCUT2D eigenvalue weighted by atomic mass is 9.83. The monoisotopic (exact) mass is 460 g/mol. The molecule has 2 aliphatic heterocycles. The number of hydrogen-bond donors (Lipinski definition) is 0. The topological polar surface area (TPSA) is 52.3 Å². The molecule has 0 unspecified atom stereocenters. The van der Waals surface area contributed by atoms with Crippen molar-refractivity contribution in [1.82, 2.24) is 19.0 Å². The van der Waals surface area contributed by atoms with Crippen molar-refractivity contribution in [2.24, 2.45) is 7.05 Å². The molecule has 4 aromatic rings. The maximum absolute atomic E-state index is 13.7. The summed E-state index contributed by atoms with van der Waals surface area (Å²) >= 11 is 6.31. The highest BCUT2D eigenvalue weighted by Crippen LogP contribution is 2.44. The number of halogens is 1. The van der Waals surface area contributed by atoms with E-state index in [4.69, 9.17) is 16.3 Å². The number of likely N-dealkylation sites (tertiary alicyclic amines) is 1. The number of carbonyl (C=O) groups is 1. The lowest BCUT2D eigenvalue weighted by Gasteiger charge is -2.39. The van der Waals surface area contributed by atoms with Gasteiger partial charge in [-0.05, 0) is 36.1 Å². The summed E-state index contributed by atoms with van der Waals surface area (Å²) in [5.74, 6) is 0.0622. The Balaban J connectivity index is 1.29. The van der Waals surface area contributed by atoms with Crippen molar-refractivity contribution < 1.29 is 9.53 Å². The van der Waals surface area contributed by atoms with Crippen molar-refractivity contribution in [1.29, 1.82) is 0 Å². The van der Waals surface area contributed by atoms with Crippen molar-refractivity contribution in [3.63, 3.8) is 0 Å². The van der Waals surface area contributed by atoms with E-state index >= 15 is 0 Å². The second-order valence-electron chi connectivity index (χ2n) is 9.06. The number of hydrogen-bond acceptors (Lipinski definition) is 3. The average molecular weight is 461 g/mol. The number of ether oxygens (including phenoxy) is 1. The smallest absolute Gasteiger partial charge is 0.256 e. The Morgan fingerprint density at radius 1 is 1.18 bits per heavy atom. The molecule has 7 heteroatoms. The molecular formula is C26H25ClN4O2. The number of aromatic nitrogens is 3. The number of rotatable bonds is 3. The molecule has 4 heterocycles. The Morgan fingerprint density at radius 2 is 2.00 bits per heavy atom. The van der Waals surface area contributed by atoms with Crippen LogP contribution in [0.2, 0.25) is 5.02 Å². The Hall–Kier alpha value is -3.09. The lowest BCUT2D eigenvalue weighted by Crippen LogP contribution is -2.45. The molecule has 0 aliphatic carbocycles. The van der Waals surface area contributed by atoms with Crippen LogP contribution in [-0.4, -0.2) is 38.0 Å². The molecule has 2 aromatic heterocycles. The van der Waals surface area contributed by atoms with Gasteiger partial charge in [0, 0.05) is 42.9 Å². The van der Waals surface area contributed by atoms with E-state index in [1.165, 1.54) is 11.1 Å². The summed E-state index contributed by atoms with van der Waals surface area (Å²) in [7, 11) is 1.97. The Morgan fingerprint density at radius 3 is 2.79 bits per heavy atom. The molecule has 168 valence electrons. The highest BCUT2D eigenvalue weighted by atomic mass is 35.5. The number of amides is 1. The highest BCUT2D eigenvalue weighted by molar-refractivity contribution is 6.31. The van der Waals surface area contributed by atoms with Crippen molar-refractivity contribution in [2.75, 3.05) is 13.1 Å². The quantitative estimate of drug-likeness (QED) is 0.444. The van der Waals surface area contributed by atoms with E-state index in [0.717, 1.165) is 29.4 Å². The van der Waals surface area contributed by atoms with E-state index < -0.39 is 0 Å². The van der Waals surface area contributed by atoms with Crippen LogP contribution in [0.3, 0.4) is 0 Å². The fourth-order valence-electron chi connectivity index (χ4n) is 5.32. The van der Waals surface area contributed by atoms with E-state index in [-0.39, 0.29) is 11.5 Å². The Bertz CT molecular complexity index is 1360. The molecule has 2 aromatic carbocycles. The largest absolute Gasteiger partial charge is 0.365 e. The lowest BCUT2D eigenvalue weighted by molar-refractivity contribution is -0.0741. The zero-order valence-electron chi connectivity index (χ0n) is 18.5. The van der Waals surface area contributed by atoms with Gasteiger partial charge in [-0.15, -0.1) is 0 Å². The van der Waals surface area contributed by atoms with Crippen molar-refractivity contribution in [3.05, 3.63) is 88.6 Å². The normalized spacial score (nSPS) is 17.1. The molecule has 2 aliphatic rings. The third-order valence-electron chi connectivity index (χ3n) is 7.19. The Kier molecular flexibility index (Phi) is 4.82. The number of benzene rings is 2. The fraction of sp³-hybridized carbons (Fsp3) is 0.308. The van der Waals surface area contributed by atoms with Gasteiger partial charge >= 0.3 is 0 Å². The summed E-state index contributed by atoms with van der Waals surface area (Å²) in [6.45, 7) is 2.63. The van der Waals surface area contributed by atoms with Crippen LogP contribution in [0.5, 0.6) is 0 Å². The van der Waals surface area contributed by atoms with Gasteiger partial charge in [0.2, 0.25) is 0 Å². The van der Waals surface area contributed by atoms with Crippen LogP contribution in [0.4, 0.5) is 0 Å². The molecule has 1 amide bonds. The number of nitrogens with zero attached hydrogens (tertiary/aromatic N) is 4. The van der Waals surface area contributed by atoms with E-state index in [1.54, 1.807) is 6.33 Å². The first kappa shape index (κ1) is 20.5. The molecule has 0 saturated carbocycles. The van der Waals surface area contributed by atoms with Crippen LogP contribution in [-0.2, 0) is 30.5 Å². The minimum Gasteiger partial charge on any atom is -0.365 e. The van der Waals surface area contributed by atoms with Crippen molar-refractivity contribution in [2.45, 2.75) is 31.6 Å². The van der Waals surface area contributed by atoms with Crippen LogP contribution in [0.25, 0.3) is 10.9 Å². The number of piperidine rings is 1. The zero-order chi connectivity index (χ0) is 22.6. The van der Waals surface area contributed by atoms with Crippen LogP contribution in [0, 0.1) is 0 Å². The molecular weight excluding hydrogens is 436 g/mol. The van der Waals surface area contributed by atoms with E-state index in [1.807, 2.05) is 47.1 Å². The average Bonchev–Trinajstić information content (AvgIpc) is 3.51. The fourth-order valence-corrected chi connectivity index (χ4v) is 5.48. The first-order valence-corrected chi connectivity index (χ1v) is 11.7. The van der Waals surface area contributed by atoms with E-state index in [9.17, 15) is 4.79 Å². The maximum atomic E-state index is 13.7. The minimum atomic E-state index is -0.256. The van der Waals surface area contributed by atoms with E-state index in [2.05, 4.69) is 33.8 Å². The minimum absolute atomic E-state index is 0.0622. The summed E-state index contributed by atoms with van der Waals surface area (Å²) in [6, 6.07) is 14.2. The zero-order valence-corrected chi connectivity index (χ0v) is 19.3. The predicted octanol–water partition coefficient (Wildman–Crippen LogP) is 4.74. The van der Waals surface area contributed by atoms with Crippen molar-refractivity contribution in [3.8, 4) is 0 Å². The molecule has 1 saturated heterocycles. The first-order valence-electron chi connectivity index (χ1n) is 11.3. The van der Waals surface area contributed by atoms with Gasteiger partial charge in [0.15, 0.2) is 0 Å². The summed E-state index contributed by atoms with van der Waals surface area (Å²) in [4.78, 5) is 19.8. The van der Waals surface area contributed by atoms with Gasteiger partial charge < -0.3 is 18.8 Å². The van der Waals surface area contributed by atoms with Gasteiger partial charge in [-0.1, -0.05) is 41.9 Å². The van der Waals surface area contributed by atoms with Crippen LogP contribution in [0.15, 0.2) is 61.2 Å². The molecule has 0 radical (unpaired) electrons. The molecule has 0 bridgehead atoms. The summed E-state index contributed by atoms with van der Waals surface area (Å²) in [6.07, 6.45) is 7.22. The number of fused-ring (bicyclic) bond motifs is 3. The van der Waals surface area contributed by atoms with Crippen LogP contribution >= 0.6 is 11.6 Å². The molecule has 6 nitrogen and oxygen atoms in total. The summed E-state index contributed by atoms with van der Waals surface area (Å²) < 4.78 is 10.4. The standard InChI is InChI=1S/C26H25ClN4O2/c1-29-17-28-13-20(29)14-31-15-22(21-7-6-19(27)12-24(21)31)25(32)30-10-8-26(9-11-30)23-5-3-2-4-18(23)16-33-26/h2-7,12-13,15,17H,8-11,14,16H2,1H3. The summed E-state index contributed by atoms with van der Waals surface area (Å²) in [5, 5.41) is 1.58.